The van der Waals surface area contributed by atoms with E-state index in [4.69, 9.17) is 4.74 Å². The highest BCUT2D eigenvalue weighted by atomic mass is 19.4. The number of carbonyl (C=O) groups excluding carboxylic acids is 1. The van der Waals surface area contributed by atoms with Crippen molar-refractivity contribution in [1.82, 2.24) is 5.32 Å². The lowest BCUT2D eigenvalue weighted by molar-refractivity contribution is -0.137. The van der Waals surface area contributed by atoms with Crippen LogP contribution in [0.2, 0.25) is 0 Å². The molecule has 0 saturated carbocycles. The molecule has 2 aromatic rings. The largest absolute Gasteiger partial charge is 0.445 e. The summed E-state index contributed by atoms with van der Waals surface area (Å²) in [6.45, 7) is 1.36. The molecule has 1 amide bonds. The summed E-state index contributed by atoms with van der Waals surface area (Å²) >= 11 is 0. The van der Waals surface area contributed by atoms with Gasteiger partial charge in [-0.1, -0.05) is 30.3 Å². The molecule has 26 heavy (non-hydrogen) atoms. The number of hydrogen-bond donors (Lipinski definition) is 2. The lowest BCUT2D eigenvalue weighted by Gasteiger charge is -2.21. The standard InChI is InChI=1S/C18H17F4NO3/c1-11(23-17(25)26-10-12-5-3-2-4-6-12)16(24)13-7-14(18(20,21)22)9-15(19)8-13/h2-9,11,16,24H,10H2,1H3,(H,23,25)/t11-,16-/m0/s1. The Labute approximate surface area is 147 Å². The molecule has 2 rings (SSSR count). The fourth-order valence-corrected chi connectivity index (χ4v) is 2.27. The number of rotatable bonds is 5. The monoisotopic (exact) mass is 371 g/mol. The highest BCUT2D eigenvalue weighted by Crippen LogP contribution is 2.32. The second-order valence-electron chi connectivity index (χ2n) is 5.71. The van der Waals surface area contributed by atoms with E-state index in [1.54, 1.807) is 30.3 Å². The second-order valence-corrected chi connectivity index (χ2v) is 5.71. The zero-order valence-corrected chi connectivity index (χ0v) is 13.8. The fraction of sp³-hybridized carbons (Fsp3) is 0.278. The third-order valence-corrected chi connectivity index (χ3v) is 3.62. The lowest BCUT2D eigenvalue weighted by atomic mass is 10.0. The van der Waals surface area contributed by atoms with Crippen molar-refractivity contribution in [1.29, 1.82) is 0 Å². The van der Waals surface area contributed by atoms with Crippen LogP contribution in [0.4, 0.5) is 22.4 Å². The van der Waals surface area contributed by atoms with Gasteiger partial charge in [-0.2, -0.15) is 13.2 Å². The molecular formula is C18H17F4NO3. The molecule has 0 saturated heterocycles. The van der Waals surface area contributed by atoms with Crippen LogP contribution >= 0.6 is 0 Å². The van der Waals surface area contributed by atoms with E-state index in [2.05, 4.69) is 5.32 Å². The van der Waals surface area contributed by atoms with E-state index in [0.29, 0.717) is 12.1 Å². The Bertz CT molecular complexity index is 750. The third-order valence-electron chi connectivity index (χ3n) is 3.62. The molecular weight excluding hydrogens is 354 g/mol. The summed E-state index contributed by atoms with van der Waals surface area (Å²) < 4.78 is 56.6. The Morgan fingerprint density at radius 1 is 1.19 bits per heavy atom. The second kappa shape index (κ2) is 8.18. The predicted octanol–water partition coefficient (Wildman–Crippen LogP) is 4.19. The van der Waals surface area contributed by atoms with Gasteiger partial charge in [0.1, 0.15) is 12.4 Å². The minimum Gasteiger partial charge on any atom is -0.445 e. The first-order valence-corrected chi connectivity index (χ1v) is 7.70. The molecule has 0 aliphatic heterocycles. The summed E-state index contributed by atoms with van der Waals surface area (Å²) in [6.07, 6.45) is -7.15. The summed E-state index contributed by atoms with van der Waals surface area (Å²) in [4.78, 5) is 11.8. The lowest BCUT2D eigenvalue weighted by Crippen LogP contribution is -2.37. The molecule has 140 valence electrons. The quantitative estimate of drug-likeness (QED) is 0.775. The first-order valence-electron chi connectivity index (χ1n) is 7.70. The van der Waals surface area contributed by atoms with Crippen molar-refractivity contribution < 1.29 is 32.2 Å². The number of hydrogen-bond acceptors (Lipinski definition) is 3. The van der Waals surface area contributed by atoms with E-state index >= 15 is 0 Å². The number of alkyl halides is 3. The number of nitrogens with one attached hydrogen (secondary N) is 1. The van der Waals surface area contributed by atoms with Gasteiger partial charge in [0.25, 0.3) is 0 Å². The van der Waals surface area contributed by atoms with Crippen molar-refractivity contribution in [3.8, 4) is 0 Å². The van der Waals surface area contributed by atoms with Gasteiger partial charge in [-0.3, -0.25) is 0 Å². The average molecular weight is 371 g/mol. The van der Waals surface area contributed by atoms with Crippen molar-refractivity contribution >= 4 is 6.09 Å². The molecule has 2 atom stereocenters. The Morgan fingerprint density at radius 3 is 2.46 bits per heavy atom. The van der Waals surface area contributed by atoms with E-state index in [-0.39, 0.29) is 12.2 Å². The Morgan fingerprint density at radius 2 is 1.85 bits per heavy atom. The van der Waals surface area contributed by atoms with Gasteiger partial charge in [-0.05, 0) is 36.2 Å². The molecule has 0 aliphatic rings. The SMILES string of the molecule is C[C@H](NC(=O)OCc1ccccc1)[C@H](O)c1cc(F)cc(C(F)(F)F)c1. The van der Waals surface area contributed by atoms with E-state index in [9.17, 15) is 27.5 Å². The zero-order valence-electron chi connectivity index (χ0n) is 13.8. The van der Waals surface area contributed by atoms with Gasteiger partial charge in [0.05, 0.1) is 17.7 Å². The van der Waals surface area contributed by atoms with Crippen molar-refractivity contribution in [2.24, 2.45) is 0 Å². The number of halogens is 4. The van der Waals surface area contributed by atoms with Crippen molar-refractivity contribution in [3.05, 3.63) is 71.0 Å². The average Bonchev–Trinajstić information content (AvgIpc) is 2.59. The molecule has 0 aromatic heterocycles. The van der Waals surface area contributed by atoms with Gasteiger partial charge in [0, 0.05) is 0 Å². The normalized spacial score (nSPS) is 13.8. The first-order chi connectivity index (χ1) is 12.2. The molecule has 0 radical (unpaired) electrons. The molecule has 0 fully saturated rings. The third kappa shape index (κ3) is 5.45. The summed E-state index contributed by atoms with van der Waals surface area (Å²) in [5, 5.41) is 12.4. The van der Waals surface area contributed by atoms with E-state index < -0.39 is 35.8 Å². The molecule has 4 nitrogen and oxygen atoms in total. The minimum absolute atomic E-state index is 0.00627. The maximum atomic E-state index is 13.4. The molecule has 2 aromatic carbocycles. The predicted molar refractivity (Wildman–Crippen MR) is 85.6 cm³/mol. The number of carbonyl (C=O) groups is 1. The number of aliphatic hydroxyl groups excluding tert-OH is 1. The zero-order chi connectivity index (χ0) is 19.3. The molecule has 0 aliphatic carbocycles. The highest BCUT2D eigenvalue weighted by Gasteiger charge is 2.32. The first kappa shape index (κ1) is 19.7. The molecule has 0 unspecified atom stereocenters. The Balaban J connectivity index is 1.99. The van der Waals surface area contributed by atoms with E-state index in [1.165, 1.54) is 6.92 Å². The summed E-state index contributed by atoms with van der Waals surface area (Å²) in [6, 6.07) is 9.60. The van der Waals surface area contributed by atoms with Crippen LogP contribution in [0.1, 0.15) is 29.7 Å². The summed E-state index contributed by atoms with van der Waals surface area (Å²) in [5.41, 5.74) is -0.769. The smallest absolute Gasteiger partial charge is 0.416 e. The van der Waals surface area contributed by atoms with E-state index in [0.717, 1.165) is 11.6 Å². The maximum absolute atomic E-state index is 13.4. The van der Waals surface area contributed by atoms with Crippen LogP contribution in [0.25, 0.3) is 0 Å². The Kier molecular flexibility index (Phi) is 6.20. The fourth-order valence-electron chi connectivity index (χ4n) is 2.27. The van der Waals surface area contributed by atoms with Crippen LogP contribution in [0.15, 0.2) is 48.5 Å². The van der Waals surface area contributed by atoms with Crippen LogP contribution in [0.5, 0.6) is 0 Å². The van der Waals surface area contributed by atoms with Crippen molar-refractivity contribution in [2.75, 3.05) is 0 Å². The van der Waals surface area contributed by atoms with Crippen LogP contribution in [0, 0.1) is 5.82 Å². The van der Waals surface area contributed by atoms with Gasteiger partial charge in [-0.25, -0.2) is 9.18 Å². The number of amides is 1. The molecule has 0 bridgehead atoms. The van der Waals surface area contributed by atoms with Crippen LogP contribution < -0.4 is 5.32 Å². The van der Waals surface area contributed by atoms with E-state index in [1.807, 2.05) is 0 Å². The number of ether oxygens (including phenoxy) is 1. The van der Waals surface area contributed by atoms with Gasteiger partial charge < -0.3 is 15.2 Å². The van der Waals surface area contributed by atoms with Gasteiger partial charge >= 0.3 is 12.3 Å². The van der Waals surface area contributed by atoms with Crippen LogP contribution in [-0.4, -0.2) is 17.2 Å². The van der Waals surface area contributed by atoms with Crippen molar-refractivity contribution in [2.45, 2.75) is 31.9 Å². The number of benzene rings is 2. The summed E-state index contributed by atoms with van der Waals surface area (Å²) in [5.74, 6) is -1.13. The van der Waals surface area contributed by atoms with Crippen LogP contribution in [0.3, 0.4) is 0 Å². The Hall–Kier alpha value is -2.61. The number of alkyl carbamates (subject to hydrolysis) is 1. The molecule has 2 N–H and O–H groups in total. The molecule has 0 spiro atoms. The summed E-state index contributed by atoms with van der Waals surface area (Å²) in [7, 11) is 0. The van der Waals surface area contributed by atoms with Gasteiger partial charge in [-0.15, -0.1) is 0 Å². The molecule has 0 heterocycles. The topological polar surface area (TPSA) is 58.6 Å². The highest BCUT2D eigenvalue weighted by molar-refractivity contribution is 5.67. The minimum atomic E-state index is -4.75. The van der Waals surface area contributed by atoms with Crippen molar-refractivity contribution in [3.63, 3.8) is 0 Å². The molecule has 8 heteroatoms. The number of aliphatic hydroxyl groups is 1. The maximum Gasteiger partial charge on any atom is 0.416 e. The van der Waals surface area contributed by atoms with Gasteiger partial charge in [0.15, 0.2) is 0 Å². The van der Waals surface area contributed by atoms with Crippen LogP contribution in [-0.2, 0) is 17.5 Å². The van der Waals surface area contributed by atoms with Gasteiger partial charge in [0.2, 0.25) is 0 Å².